The van der Waals surface area contributed by atoms with E-state index in [9.17, 15) is 0 Å². The van der Waals surface area contributed by atoms with Crippen molar-refractivity contribution in [2.75, 3.05) is 0 Å². The van der Waals surface area contributed by atoms with Gasteiger partial charge in [0.1, 0.15) is 5.82 Å². The van der Waals surface area contributed by atoms with Crippen LogP contribution in [0.15, 0.2) is 36.8 Å². The van der Waals surface area contributed by atoms with E-state index in [4.69, 9.17) is 0 Å². The van der Waals surface area contributed by atoms with Gasteiger partial charge in [-0.2, -0.15) is 0 Å². The molecule has 0 fully saturated rings. The van der Waals surface area contributed by atoms with Gasteiger partial charge in [0, 0.05) is 31.2 Å². The van der Waals surface area contributed by atoms with Crippen LogP contribution >= 0.6 is 0 Å². The average molecular weight is 228 g/mol. The van der Waals surface area contributed by atoms with Gasteiger partial charge < -0.3 is 5.32 Å². The number of aromatic nitrogens is 3. The molecule has 4 nitrogen and oxygen atoms in total. The fourth-order valence-corrected chi connectivity index (χ4v) is 1.61. The van der Waals surface area contributed by atoms with Gasteiger partial charge in [-0.3, -0.25) is 4.98 Å². The molecule has 2 aromatic rings. The van der Waals surface area contributed by atoms with Crippen molar-refractivity contribution in [3.05, 3.63) is 53.9 Å². The summed E-state index contributed by atoms with van der Waals surface area (Å²) in [5, 5.41) is 3.41. The lowest BCUT2D eigenvalue weighted by molar-refractivity contribution is 0.564. The van der Waals surface area contributed by atoms with Gasteiger partial charge in [-0.05, 0) is 31.5 Å². The summed E-state index contributed by atoms with van der Waals surface area (Å²) in [7, 11) is 0. The SMILES string of the molecule is Cc1nccc(CN[C@@H](C)c2cccnc2)n1. The molecule has 1 N–H and O–H groups in total. The molecule has 0 saturated carbocycles. The van der Waals surface area contributed by atoms with Gasteiger partial charge in [0.2, 0.25) is 0 Å². The predicted molar refractivity (Wildman–Crippen MR) is 66.3 cm³/mol. The molecule has 0 saturated heterocycles. The Hall–Kier alpha value is -1.81. The Kier molecular flexibility index (Phi) is 3.77. The summed E-state index contributed by atoms with van der Waals surface area (Å²) in [6.07, 6.45) is 5.45. The maximum Gasteiger partial charge on any atom is 0.125 e. The van der Waals surface area contributed by atoms with Crippen molar-refractivity contribution in [1.82, 2.24) is 20.3 Å². The third kappa shape index (κ3) is 3.32. The molecule has 0 spiro atoms. The van der Waals surface area contributed by atoms with E-state index in [1.54, 1.807) is 12.4 Å². The summed E-state index contributed by atoms with van der Waals surface area (Å²) >= 11 is 0. The van der Waals surface area contributed by atoms with Crippen molar-refractivity contribution in [3.63, 3.8) is 0 Å². The molecule has 4 heteroatoms. The van der Waals surface area contributed by atoms with Crippen molar-refractivity contribution < 1.29 is 0 Å². The first-order valence-corrected chi connectivity index (χ1v) is 5.67. The van der Waals surface area contributed by atoms with Gasteiger partial charge in [-0.15, -0.1) is 0 Å². The van der Waals surface area contributed by atoms with E-state index in [1.807, 2.05) is 25.3 Å². The smallest absolute Gasteiger partial charge is 0.125 e. The van der Waals surface area contributed by atoms with Crippen molar-refractivity contribution in [2.45, 2.75) is 26.4 Å². The quantitative estimate of drug-likeness (QED) is 0.870. The minimum atomic E-state index is 0.263. The van der Waals surface area contributed by atoms with Gasteiger partial charge in [-0.25, -0.2) is 9.97 Å². The van der Waals surface area contributed by atoms with Crippen LogP contribution in [0.2, 0.25) is 0 Å². The van der Waals surface area contributed by atoms with Crippen molar-refractivity contribution in [2.24, 2.45) is 0 Å². The van der Waals surface area contributed by atoms with Crippen LogP contribution < -0.4 is 5.32 Å². The largest absolute Gasteiger partial charge is 0.305 e. The molecule has 0 bridgehead atoms. The fourth-order valence-electron chi connectivity index (χ4n) is 1.61. The van der Waals surface area contributed by atoms with E-state index in [1.165, 1.54) is 5.56 Å². The summed E-state index contributed by atoms with van der Waals surface area (Å²) in [4.78, 5) is 12.5. The van der Waals surface area contributed by atoms with E-state index in [0.717, 1.165) is 18.1 Å². The number of hydrogen-bond donors (Lipinski definition) is 1. The highest BCUT2D eigenvalue weighted by Gasteiger charge is 2.04. The standard InChI is InChI=1S/C13H16N4/c1-10(12-4-3-6-14-8-12)16-9-13-5-7-15-11(2)17-13/h3-8,10,16H,9H2,1-2H3/t10-/m0/s1. The Morgan fingerprint density at radius 3 is 2.88 bits per heavy atom. The molecule has 2 heterocycles. The van der Waals surface area contributed by atoms with Crippen molar-refractivity contribution in [1.29, 1.82) is 0 Å². The van der Waals surface area contributed by atoms with Crippen LogP contribution in [0.3, 0.4) is 0 Å². The molecule has 0 aliphatic carbocycles. The highest BCUT2D eigenvalue weighted by atomic mass is 14.9. The van der Waals surface area contributed by atoms with Crippen molar-refractivity contribution in [3.8, 4) is 0 Å². The molecule has 2 aromatic heterocycles. The molecule has 0 radical (unpaired) electrons. The number of rotatable bonds is 4. The summed E-state index contributed by atoms with van der Waals surface area (Å²) in [5.74, 6) is 0.804. The molecular weight excluding hydrogens is 212 g/mol. The Morgan fingerprint density at radius 1 is 1.29 bits per heavy atom. The molecule has 0 aliphatic heterocycles. The molecule has 1 atom stereocenters. The van der Waals surface area contributed by atoms with E-state index in [2.05, 4.69) is 33.3 Å². The lowest BCUT2D eigenvalue weighted by atomic mass is 10.1. The Balaban J connectivity index is 1.95. The van der Waals surface area contributed by atoms with Crippen LogP contribution in [0.4, 0.5) is 0 Å². The van der Waals surface area contributed by atoms with Crippen LogP contribution in [0.25, 0.3) is 0 Å². The van der Waals surface area contributed by atoms with E-state index >= 15 is 0 Å². The normalized spacial score (nSPS) is 12.4. The summed E-state index contributed by atoms with van der Waals surface area (Å²) in [5.41, 5.74) is 2.19. The summed E-state index contributed by atoms with van der Waals surface area (Å²) in [6.45, 7) is 4.75. The molecule has 2 rings (SSSR count). The Morgan fingerprint density at radius 2 is 2.18 bits per heavy atom. The van der Waals surface area contributed by atoms with E-state index in [0.29, 0.717) is 0 Å². The topological polar surface area (TPSA) is 50.7 Å². The zero-order valence-corrected chi connectivity index (χ0v) is 10.1. The second-order valence-corrected chi connectivity index (χ2v) is 3.98. The van der Waals surface area contributed by atoms with E-state index < -0.39 is 0 Å². The lowest BCUT2D eigenvalue weighted by Crippen LogP contribution is -2.19. The van der Waals surface area contributed by atoms with Gasteiger partial charge in [-0.1, -0.05) is 6.07 Å². The maximum atomic E-state index is 4.35. The fraction of sp³-hybridized carbons (Fsp3) is 0.308. The first-order valence-electron chi connectivity index (χ1n) is 5.67. The molecule has 88 valence electrons. The molecule has 17 heavy (non-hydrogen) atoms. The number of nitrogens with zero attached hydrogens (tertiary/aromatic N) is 3. The van der Waals surface area contributed by atoms with Crippen LogP contribution in [-0.2, 0) is 6.54 Å². The monoisotopic (exact) mass is 228 g/mol. The second-order valence-electron chi connectivity index (χ2n) is 3.98. The van der Waals surface area contributed by atoms with Gasteiger partial charge >= 0.3 is 0 Å². The second kappa shape index (κ2) is 5.50. The Labute approximate surface area is 101 Å². The summed E-state index contributed by atoms with van der Waals surface area (Å²) < 4.78 is 0. The number of nitrogens with one attached hydrogen (secondary N) is 1. The van der Waals surface area contributed by atoms with Gasteiger partial charge in [0.05, 0.1) is 5.69 Å². The molecular formula is C13H16N4. The number of pyridine rings is 1. The van der Waals surface area contributed by atoms with Crippen molar-refractivity contribution >= 4 is 0 Å². The van der Waals surface area contributed by atoms with Crippen LogP contribution in [0.1, 0.15) is 30.0 Å². The third-order valence-electron chi connectivity index (χ3n) is 2.61. The van der Waals surface area contributed by atoms with Crippen LogP contribution in [0, 0.1) is 6.92 Å². The lowest BCUT2D eigenvalue weighted by Gasteiger charge is -2.13. The first-order chi connectivity index (χ1) is 8.25. The van der Waals surface area contributed by atoms with Crippen LogP contribution in [-0.4, -0.2) is 15.0 Å². The minimum absolute atomic E-state index is 0.263. The molecule has 0 unspecified atom stereocenters. The third-order valence-corrected chi connectivity index (χ3v) is 2.61. The van der Waals surface area contributed by atoms with E-state index in [-0.39, 0.29) is 6.04 Å². The molecule has 0 aromatic carbocycles. The average Bonchev–Trinajstić information content (AvgIpc) is 2.37. The molecule has 0 aliphatic rings. The Bertz CT molecular complexity index is 470. The number of hydrogen-bond acceptors (Lipinski definition) is 4. The highest BCUT2D eigenvalue weighted by Crippen LogP contribution is 2.10. The zero-order chi connectivity index (χ0) is 12.1. The first kappa shape index (κ1) is 11.7. The predicted octanol–water partition coefficient (Wildman–Crippen LogP) is 2.03. The highest BCUT2D eigenvalue weighted by molar-refractivity contribution is 5.13. The maximum absolute atomic E-state index is 4.35. The summed E-state index contributed by atoms with van der Waals surface area (Å²) in [6, 6.07) is 6.20. The minimum Gasteiger partial charge on any atom is -0.305 e. The van der Waals surface area contributed by atoms with Crippen LogP contribution in [0.5, 0.6) is 0 Å². The molecule has 0 amide bonds. The van der Waals surface area contributed by atoms with Gasteiger partial charge in [0.25, 0.3) is 0 Å². The number of aryl methyl sites for hydroxylation is 1. The zero-order valence-electron chi connectivity index (χ0n) is 10.1. The van der Waals surface area contributed by atoms with Gasteiger partial charge in [0.15, 0.2) is 0 Å².